The van der Waals surface area contributed by atoms with E-state index in [4.69, 9.17) is 5.26 Å². The van der Waals surface area contributed by atoms with Crippen molar-refractivity contribution < 1.29 is 4.79 Å². The topological polar surface area (TPSA) is 90.7 Å². The van der Waals surface area contributed by atoms with Crippen molar-refractivity contribution in [3.63, 3.8) is 0 Å². The third-order valence-corrected chi connectivity index (χ3v) is 3.20. The number of hydrogen-bond donors (Lipinski definition) is 2. The van der Waals surface area contributed by atoms with E-state index in [0.29, 0.717) is 17.1 Å². The highest BCUT2D eigenvalue weighted by Crippen LogP contribution is 2.18. The Hall–Kier alpha value is -2.94. The molecule has 0 aliphatic rings. The molecule has 0 saturated heterocycles. The lowest BCUT2D eigenvalue weighted by molar-refractivity contribution is 0.0933. The molecule has 1 atom stereocenters. The quantitative estimate of drug-likeness (QED) is 0.884. The van der Waals surface area contributed by atoms with Gasteiger partial charge in [-0.3, -0.25) is 4.79 Å². The van der Waals surface area contributed by atoms with Crippen LogP contribution in [0.25, 0.3) is 0 Å². The fourth-order valence-electron chi connectivity index (χ4n) is 1.75. The molecule has 1 heterocycles. The molecule has 0 bridgehead atoms. The lowest BCUT2D eigenvalue weighted by atomic mass is 10.2. The number of aromatic nitrogens is 2. The molecule has 1 unspecified atom stereocenters. The van der Waals surface area contributed by atoms with Gasteiger partial charge in [0, 0.05) is 6.04 Å². The Balaban J connectivity index is 2.09. The Kier molecular flexibility index (Phi) is 5.04. The summed E-state index contributed by atoms with van der Waals surface area (Å²) in [5.41, 5.74) is 1.43. The molecule has 2 rings (SSSR count). The van der Waals surface area contributed by atoms with Gasteiger partial charge in [-0.05, 0) is 37.6 Å². The zero-order valence-electron chi connectivity index (χ0n) is 12.5. The Morgan fingerprint density at radius 3 is 2.68 bits per heavy atom. The van der Waals surface area contributed by atoms with Crippen LogP contribution in [0.1, 0.15) is 36.3 Å². The summed E-state index contributed by atoms with van der Waals surface area (Å²) in [4.78, 5) is 11.9. The summed E-state index contributed by atoms with van der Waals surface area (Å²) in [6.07, 6.45) is 0.851. The van der Waals surface area contributed by atoms with Gasteiger partial charge in [0.15, 0.2) is 11.5 Å². The van der Waals surface area contributed by atoms with Gasteiger partial charge >= 0.3 is 0 Å². The molecule has 1 amide bonds. The maximum Gasteiger partial charge on any atom is 0.272 e. The number of nitriles is 1. The van der Waals surface area contributed by atoms with Gasteiger partial charge in [0.2, 0.25) is 0 Å². The molecule has 112 valence electrons. The number of hydrogen-bond acceptors (Lipinski definition) is 5. The summed E-state index contributed by atoms with van der Waals surface area (Å²) in [6, 6.07) is 12.6. The largest absolute Gasteiger partial charge is 0.348 e. The van der Waals surface area contributed by atoms with Gasteiger partial charge in [0.05, 0.1) is 11.3 Å². The fourth-order valence-corrected chi connectivity index (χ4v) is 1.75. The predicted octanol–water partition coefficient (Wildman–Crippen LogP) is 2.62. The van der Waals surface area contributed by atoms with Crippen molar-refractivity contribution in [1.82, 2.24) is 15.5 Å². The first kappa shape index (κ1) is 15.4. The number of carbonyl (C=O) groups excluding carboxylic acids is 1. The van der Waals surface area contributed by atoms with E-state index in [2.05, 4.69) is 26.9 Å². The molecular weight excluding hydrogens is 278 g/mol. The average Bonchev–Trinajstić information content (AvgIpc) is 2.55. The number of para-hydroxylation sites is 1. The van der Waals surface area contributed by atoms with E-state index in [9.17, 15) is 4.79 Å². The van der Waals surface area contributed by atoms with E-state index >= 15 is 0 Å². The lowest BCUT2D eigenvalue weighted by Gasteiger charge is -2.11. The zero-order valence-corrected chi connectivity index (χ0v) is 12.5. The van der Waals surface area contributed by atoms with E-state index in [1.165, 1.54) is 0 Å². The first-order valence-corrected chi connectivity index (χ1v) is 7.04. The minimum Gasteiger partial charge on any atom is -0.348 e. The molecule has 1 aromatic carbocycles. The third-order valence-electron chi connectivity index (χ3n) is 3.20. The van der Waals surface area contributed by atoms with Crippen LogP contribution < -0.4 is 10.6 Å². The maximum absolute atomic E-state index is 11.9. The number of rotatable bonds is 5. The summed E-state index contributed by atoms with van der Waals surface area (Å²) in [5.74, 6) is 0.230. The summed E-state index contributed by atoms with van der Waals surface area (Å²) in [6.45, 7) is 3.93. The van der Waals surface area contributed by atoms with Gasteiger partial charge in [0.25, 0.3) is 5.91 Å². The van der Waals surface area contributed by atoms with Gasteiger partial charge in [-0.1, -0.05) is 19.1 Å². The Morgan fingerprint density at radius 2 is 2.05 bits per heavy atom. The summed E-state index contributed by atoms with van der Waals surface area (Å²) in [5, 5.41) is 22.8. The molecule has 6 heteroatoms. The second kappa shape index (κ2) is 7.18. The van der Waals surface area contributed by atoms with Crippen LogP contribution in [0.2, 0.25) is 0 Å². The van der Waals surface area contributed by atoms with Crippen molar-refractivity contribution in [1.29, 1.82) is 5.26 Å². The molecule has 2 N–H and O–H groups in total. The van der Waals surface area contributed by atoms with E-state index in [1.807, 2.05) is 19.9 Å². The molecule has 2 aromatic rings. The second-order valence-corrected chi connectivity index (χ2v) is 4.87. The highest BCUT2D eigenvalue weighted by atomic mass is 16.2. The summed E-state index contributed by atoms with van der Waals surface area (Å²) < 4.78 is 0. The van der Waals surface area contributed by atoms with Crippen molar-refractivity contribution in [2.75, 3.05) is 5.32 Å². The Labute approximate surface area is 129 Å². The molecule has 0 aliphatic heterocycles. The number of amides is 1. The lowest BCUT2D eigenvalue weighted by Crippen LogP contribution is -2.32. The molecule has 0 radical (unpaired) electrons. The summed E-state index contributed by atoms with van der Waals surface area (Å²) >= 11 is 0. The van der Waals surface area contributed by atoms with E-state index in [1.54, 1.807) is 30.3 Å². The van der Waals surface area contributed by atoms with Crippen LogP contribution in [0.15, 0.2) is 36.4 Å². The number of nitrogens with one attached hydrogen (secondary N) is 2. The van der Waals surface area contributed by atoms with E-state index in [-0.39, 0.29) is 17.6 Å². The fraction of sp³-hybridized carbons (Fsp3) is 0.250. The standard InChI is InChI=1S/C16H17N5O/c1-3-11(2)18-16(22)14-8-9-15(21-20-14)19-13-7-5-4-6-12(13)10-17/h4-9,11H,3H2,1-2H3,(H,18,22)(H,19,21). The van der Waals surface area contributed by atoms with Gasteiger partial charge in [-0.15, -0.1) is 10.2 Å². The van der Waals surface area contributed by atoms with Gasteiger partial charge in [-0.2, -0.15) is 5.26 Å². The third kappa shape index (κ3) is 3.79. The first-order valence-electron chi connectivity index (χ1n) is 7.04. The van der Waals surface area contributed by atoms with Gasteiger partial charge < -0.3 is 10.6 Å². The number of benzene rings is 1. The molecule has 0 saturated carbocycles. The van der Waals surface area contributed by atoms with Crippen LogP contribution >= 0.6 is 0 Å². The summed E-state index contributed by atoms with van der Waals surface area (Å²) in [7, 11) is 0. The zero-order chi connectivity index (χ0) is 15.9. The maximum atomic E-state index is 11.9. The SMILES string of the molecule is CCC(C)NC(=O)c1ccc(Nc2ccccc2C#N)nn1. The Morgan fingerprint density at radius 1 is 1.27 bits per heavy atom. The minimum absolute atomic E-state index is 0.0922. The van der Waals surface area contributed by atoms with Crippen molar-refractivity contribution in [3.8, 4) is 6.07 Å². The average molecular weight is 295 g/mol. The van der Waals surface area contributed by atoms with Crippen molar-refractivity contribution >= 4 is 17.4 Å². The van der Waals surface area contributed by atoms with Crippen molar-refractivity contribution in [2.45, 2.75) is 26.3 Å². The highest BCUT2D eigenvalue weighted by molar-refractivity contribution is 5.92. The Bertz CT molecular complexity index is 690. The highest BCUT2D eigenvalue weighted by Gasteiger charge is 2.11. The predicted molar refractivity (Wildman–Crippen MR) is 83.7 cm³/mol. The number of nitrogens with zero attached hydrogens (tertiary/aromatic N) is 3. The van der Waals surface area contributed by atoms with Crippen LogP contribution in [0.4, 0.5) is 11.5 Å². The van der Waals surface area contributed by atoms with Crippen LogP contribution in [0.5, 0.6) is 0 Å². The molecular formula is C16H17N5O. The molecule has 0 fully saturated rings. The second-order valence-electron chi connectivity index (χ2n) is 4.87. The van der Waals surface area contributed by atoms with Crippen LogP contribution in [0, 0.1) is 11.3 Å². The molecule has 22 heavy (non-hydrogen) atoms. The van der Waals surface area contributed by atoms with Crippen LogP contribution in [0.3, 0.4) is 0 Å². The monoisotopic (exact) mass is 295 g/mol. The smallest absolute Gasteiger partial charge is 0.272 e. The van der Waals surface area contributed by atoms with Crippen molar-refractivity contribution in [3.05, 3.63) is 47.7 Å². The van der Waals surface area contributed by atoms with E-state index in [0.717, 1.165) is 6.42 Å². The van der Waals surface area contributed by atoms with E-state index < -0.39 is 0 Å². The van der Waals surface area contributed by atoms with Gasteiger partial charge in [-0.25, -0.2) is 0 Å². The molecule has 0 spiro atoms. The number of carbonyl (C=O) groups is 1. The minimum atomic E-state index is -0.245. The molecule has 1 aromatic heterocycles. The first-order chi connectivity index (χ1) is 10.6. The normalized spacial score (nSPS) is 11.3. The van der Waals surface area contributed by atoms with Crippen LogP contribution in [-0.2, 0) is 0 Å². The molecule has 0 aliphatic carbocycles. The molecule has 6 nitrogen and oxygen atoms in total. The number of anilines is 2. The van der Waals surface area contributed by atoms with Crippen molar-refractivity contribution in [2.24, 2.45) is 0 Å². The van der Waals surface area contributed by atoms with Crippen LogP contribution in [-0.4, -0.2) is 22.1 Å². The van der Waals surface area contributed by atoms with Gasteiger partial charge in [0.1, 0.15) is 6.07 Å².